The quantitative estimate of drug-likeness (QED) is 0.484. The van der Waals surface area contributed by atoms with Gasteiger partial charge in [0.1, 0.15) is 0 Å². The van der Waals surface area contributed by atoms with E-state index in [9.17, 15) is 0 Å². The van der Waals surface area contributed by atoms with Crippen molar-refractivity contribution < 1.29 is 51.0 Å². The van der Waals surface area contributed by atoms with Crippen molar-refractivity contribution in [3.63, 3.8) is 0 Å². The molecule has 1 aliphatic carbocycles. The Morgan fingerprint density at radius 3 is 2.27 bits per heavy atom. The first-order chi connectivity index (χ1) is 9.15. The predicted molar refractivity (Wildman–Crippen MR) is 86.2 cm³/mol. The molecule has 0 saturated heterocycles. The third-order valence-corrected chi connectivity index (χ3v) is 4.50. The number of nitrogens with zero attached hydrogens (tertiary/aromatic N) is 1. The van der Waals surface area contributed by atoms with Crippen LogP contribution in [0.5, 0.6) is 0 Å². The molecule has 1 aromatic carbocycles. The molecule has 0 aromatic heterocycles. The molecular weight excluding hydrogens is 408 g/mol. The second-order valence-electron chi connectivity index (χ2n) is 5.48. The maximum absolute atomic E-state index is 2.51. The summed E-state index contributed by atoms with van der Waals surface area (Å²) in [6.07, 6.45) is 6.98. The topological polar surface area (TPSA) is 3.24 Å². The Hall–Kier alpha value is -0.210. The Labute approximate surface area is 166 Å². The molecule has 0 radical (unpaired) electrons. The van der Waals surface area contributed by atoms with Crippen LogP contribution in [0.25, 0.3) is 0 Å². The summed E-state index contributed by atoms with van der Waals surface area (Å²) in [5.74, 6) is 0. The zero-order valence-corrected chi connectivity index (χ0v) is 17.9. The number of halogens is 2. The molecule has 0 spiro atoms. The van der Waals surface area contributed by atoms with Gasteiger partial charge in [0.2, 0.25) is 0 Å². The van der Waals surface area contributed by atoms with E-state index < -0.39 is 0 Å². The minimum atomic E-state index is -0.360. The van der Waals surface area contributed by atoms with Crippen LogP contribution in [0, 0.1) is 0 Å². The molecule has 1 aliphatic heterocycles. The van der Waals surface area contributed by atoms with Gasteiger partial charge in [0, 0.05) is 19.8 Å². The van der Waals surface area contributed by atoms with E-state index in [1.165, 1.54) is 22.5 Å². The van der Waals surface area contributed by atoms with E-state index in [0.717, 1.165) is 0 Å². The summed E-state index contributed by atoms with van der Waals surface area (Å²) < 4.78 is 0. The summed E-state index contributed by atoms with van der Waals surface area (Å²) in [5.41, 5.74) is 7.87. The molecule has 2 aliphatic rings. The fourth-order valence-corrected chi connectivity index (χ4v) is 3.71. The number of anilines is 1. The van der Waals surface area contributed by atoms with E-state index in [1.807, 2.05) is 0 Å². The average molecular weight is 428 g/mol. The molecule has 1 aromatic rings. The van der Waals surface area contributed by atoms with E-state index in [4.69, 9.17) is 0 Å². The minimum Gasteiger partial charge on any atom is -1.00 e. The van der Waals surface area contributed by atoms with Crippen molar-refractivity contribution in [1.82, 2.24) is 0 Å². The van der Waals surface area contributed by atoms with Gasteiger partial charge in [0.25, 0.3) is 0 Å². The fourth-order valence-electron chi connectivity index (χ4n) is 2.79. The molecule has 3 rings (SSSR count). The van der Waals surface area contributed by atoms with Gasteiger partial charge in [-0.25, -0.2) is 0 Å². The maximum Gasteiger partial charge on any atom is 2.00 e. The summed E-state index contributed by atoms with van der Waals surface area (Å²) in [4.78, 5) is 2.46. The number of rotatable bonds is 2. The normalized spacial score (nSPS) is 17.9. The van der Waals surface area contributed by atoms with Crippen molar-refractivity contribution in [2.45, 2.75) is 26.1 Å². The first kappa shape index (κ1) is 21.8. The van der Waals surface area contributed by atoms with Crippen LogP contribution in [0.3, 0.4) is 0 Å². The van der Waals surface area contributed by atoms with Gasteiger partial charge in [-0.3, -0.25) is 0 Å². The molecule has 0 bridgehead atoms. The predicted octanol–water partition coefficient (Wildman–Crippen LogP) is -2.21. The standard InChI is InChI=1S/C17H19NSi.2ClH.Zr/c1-13-9-14-11-16(12-19(2)3)18(17(14)10-13)15-7-5-4-6-8-15;;;/h4-12,16H,1-3H3;2*1H;/q;;;+2/p-2. The zero-order chi connectivity index (χ0) is 13.4. The third kappa shape index (κ3) is 4.41. The number of hydrogen-bond donors (Lipinski definition) is 0. The number of para-hydroxylation sites is 1. The van der Waals surface area contributed by atoms with Gasteiger partial charge >= 0.3 is 26.2 Å². The summed E-state index contributed by atoms with van der Waals surface area (Å²) in [7, 11) is -0.360. The Bertz CT molecular complexity index is 631. The Morgan fingerprint density at radius 2 is 1.68 bits per heavy atom. The number of allylic oxidation sites excluding steroid dienone is 3. The molecule has 1 unspecified atom stereocenters. The van der Waals surface area contributed by atoms with Crippen LogP contribution in [0.15, 0.2) is 65.4 Å². The molecule has 22 heavy (non-hydrogen) atoms. The Morgan fingerprint density at radius 1 is 1.05 bits per heavy atom. The molecule has 0 fully saturated rings. The van der Waals surface area contributed by atoms with Crippen LogP contribution >= 0.6 is 0 Å². The molecule has 0 saturated carbocycles. The molecule has 1 heterocycles. The number of benzene rings is 1. The van der Waals surface area contributed by atoms with Crippen LogP contribution in [0.1, 0.15) is 6.92 Å². The summed E-state index contributed by atoms with van der Waals surface area (Å²) in [5, 5.41) is 0. The van der Waals surface area contributed by atoms with Crippen molar-refractivity contribution in [1.29, 1.82) is 0 Å². The maximum atomic E-state index is 2.51. The molecule has 114 valence electrons. The van der Waals surface area contributed by atoms with Crippen molar-refractivity contribution in [3.05, 3.63) is 65.4 Å². The summed E-state index contributed by atoms with van der Waals surface area (Å²) >= 11 is 0. The van der Waals surface area contributed by atoms with Crippen LogP contribution in [-0.2, 0) is 26.2 Å². The van der Waals surface area contributed by atoms with E-state index in [2.05, 4.69) is 79.1 Å². The summed E-state index contributed by atoms with van der Waals surface area (Å²) in [6.45, 7) is 6.86. The first-order valence-electron chi connectivity index (χ1n) is 6.76. The van der Waals surface area contributed by atoms with Gasteiger partial charge in [-0.05, 0) is 42.4 Å². The van der Waals surface area contributed by atoms with Crippen molar-refractivity contribution in [3.8, 4) is 0 Å². The van der Waals surface area contributed by atoms with E-state index >= 15 is 0 Å². The third-order valence-electron chi connectivity index (χ3n) is 3.49. The SMILES string of the molecule is CC1=CC2=CC(C=[Si](C)C)N(c3ccccc3)C2=C1.[Cl-].[Cl-].[Zr+2]. The largest absolute Gasteiger partial charge is 2.00 e. The smallest absolute Gasteiger partial charge is 1.00 e. The zero-order valence-electron chi connectivity index (χ0n) is 13.0. The van der Waals surface area contributed by atoms with Gasteiger partial charge < -0.3 is 29.7 Å². The van der Waals surface area contributed by atoms with Gasteiger partial charge in [-0.1, -0.05) is 43.0 Å². The molecule has 1 atom stereocenters. The first-order valence-corrected chi connectivity index (χ1v) is 9.34. The van der Waals surface area contributed by atoms with E-state index in [1.54, 1.807) is 0 Å². The average Bonchev–Trinajstić information content (AvgIpc) is 2.84. The Kier molecular flexibility index (Phi) is 9.09. The van der Waals surface area contributed by atoms with Crippen LogP contribution < -0.4 is 29.7 Å². The monoisotopic (exact) mass is 425 g/mol. The van der Waals surface area contributed by atoms with Crippen molar-refractivity contribution in [2.75, 3.05) is 4.90 Å². The van der Waals surface area contributed by atoms with Gasteiger partial charge in [-0.15, -0.1) is 0 Å². The van der Waals surface area contributed by atoms with Crippen LogP contribution in [0.2, 0.25) is 13.1 Å². The molecule has 5 heteroatoms. The Balaban J connectivity index is 0.00000147. The van der Waals surface area contributed by atoms with Crippen LogP contribution in [0.4, 0.5) is 5.69 Å². The van der Waals surface area contributed by atoms with Crippen molar-refractivity contribution >= 4 is 19.8 Å². The number of hydrogen-bond acceptors (Lipinski definition) is 1. The second kappa shape index (κ2) is 9.17. The molecule has 0 N–H and O–H groups in total. The van der Waals surface area contributed by atoms with Crippen LogP contribution in [-0.4, -0.2) is 20.1 Å². The van der Waals surface area contributed by atoms with E-state index in [-0.39, 0.29) is 59.4 Å². The molecule has 1 nitrogen and oxygen atoms in total. The van der Waals surface area contributed by atoms with E-state index in [0.29, 0.717) is 6.04 Å². The summed E-state index contributed by atoms with van der Waals surface area (Å²) in [6, 6.07) is 11.1. The second-order valence-corrected chi connectivity index (χ2v) is 7.97. The van der Waals surface area contributed by atoms with Crippen molar-refractivity contribution in [2.24, 2.45) is 0 Å². The van der Waals surface area contributed by atoms with Gasteiger partial charge in [0.15, 0.2) is 0 Å². The molecular formula is C17H19Cl2NSiZr. The minimum absolute atomic E-state index is 0. The molecule has 0 amide bonds. The van der Waals surface area contributed by atoms with Gasteiger partial charge in [-0.2, -0.15) is 0 Å². The fraction of sp³-hybridized carbons (Fsp3) is 0.235. The van der Waals surface area contributed by atoms with Gasteiger partial charge in [0.05, 0.1) is 6.04 Å². The number of fused-ring (bicyclic) bond motifs is 1.